The minimum absolute atomic E-state index is 0.184. The first-order valence-corrected chi connectivity index (χ1v) is 8.22. The number of pyridine rings is 1. The lowest BCUT2D eigenvalue weighted by Gasteiger charge is -2.24. The van der Waals surface area contributed by atoms with E-state index in [0.29, 0.717) is 6.54 Å². The Morgan fingerprint density at radius 2 is 2.13 bits per heavy atom. The average Bonchev–Trinajstić information content (AvgIpc) is 2.45. The predicted octanol–water partition coefficient (Wildman–Crippen LogP) is 3.40. The van der Waals surface area contributed by atoms with Crippen LogP contribution in [0.4, 0.5) is 10.1 Å². The summed E-state index contributed by atoms with van der Waals surface area (Å²) >= 11 is 0. The van der Waals surface area contributed by atoms with E-state index in [0.717, 1.165) is 48.1 Å². The van der Waals surface area contributed by atoms with Crippen molar-refractivity contribution in [2.75, 3.05) is 18.4 Å². The molecule has 0 unspecified atom stereocenters. The Labute approximate surface area is 135 Å². The summed E-state index contributed by atoms with van der Waals surface area (Å²) in [6, 6.07) is 6.55. The highest BCUT2D eigenvalue weighted by molar-refractivity contribution is 5.91. The number of anilines is 1. The predicted molar refractivity (Wildman–Crippen MR) is 89.9 cm³/mol. The van der Waals surface area contributed by atoms with Gasteiger partial charge in [0.05, 0.1) is 5.52 Å². The Balaban J connectivity index is 1.54. The fourth-order valence-electron chi connectivity index (χ4n) is 2.81. The first-order valence-electron chi connectivity index (χ1n) is 8.22. The first-order chi connectivity index (χ1) is 11.1. The van der Waals surface area contributed by atoms with Gasteiger partial charge in [0.2, 0.25) is 5.91 Å². The number of halogens is 1. The van der Waals surface area contributed by atoms with Crippen LogP contribution in [0.15, 0.2) is 24.3 Å². The van der Waals surface area contributed by atoms with Crippen molar-refractivity contribution < 1.29 is 9.18 Å². The van der Waals surface area contributed by atoms with Crippen molar-refractivity contribution in [1.29, 1.82) is 0 Å². The number of nitrogens with zero attached hydrogens (tertiary/aromatic N) is 1. The monoisotopic (exact) mass is 315 g/mol. The number of carbonyl (C=O) groups is 1. The number of aromatic nitrogens is 1. The zero-order valence-corrected chi connectivity index (χ0v) is 13.4. The molecular formula is C18H22FN3O. The highest BCUT2D eigenvalue weighted by atomic mass is 19.1. The van der Waals surface area contributed by atoms with E-state index in [1.165, 1.54) is 18.6 Å². The summed E-state index contributed by atoms with van der Waals surface area (Å²) in [6.45, 7) is 3.31. The van der Waals surface area contributed by atoms with E-state index in [2.05, 4.69) is 15.6 Å². The maximum atomic E-state index is 13.5. The number of nitrogens with one attached hydrogen (secondary N) is 2. The summed E-state index contributed by atoms with van der Waals surface area (Å²) in [4.78, 5) is 16.2. The number of benzene rings is 1. The normalized spacial score (nSPS) is 14.5. The highest BCUT2D eigenvalue weighted by Gasteiger charge is 2.24. The van der Waals surface area contributed by atoms with Crippen LogP contribution >= 0.6 is 0 Å². The lowest BCUT2D eigenvalue weighted by Crippen LogP contribution is -2.35. The number of hydrogen-bond donors (Lipinski definition) is 2. The van der Waals surface area contributed by atoms with Crippen molar-refractivity contribution in [2.24, 2.45) is 5.92 Å². The molecule has 5 heteroatoms. The van der Waals surface area contributed by atoms with Crippen molar-refractivity contribution in [3.63, 3.8) is 0 Å². The molecule has 0 saturated heterocycles. The van der Waals surface area contributed by atoms with Crippen LogP contribution < -0.4 is 10.6 Å². The van der Waals surface area contributed by atoms with E-state index < -0.39 is 0 Å². The third-order valence-electron chi connectivity index (χ3n) is 4.34. The maximum absolute atomic E-state index is 13.5. The lowest BCUT2D eigenvalue weighted by molar-refractivity contribution is -0.127. The molecule has 0 atom stereocenters. The molecule has 1 aromatic carbocycles. The summed E-state index contributed by atoms with van der Waals surface area (Å²) in [7, 11) is 0. The van der Waals surface area contributed by atoms with Crippen LogP contribution in [0.5, 0.6) is 0 Å². The molecule has 1 aromatic heterocycles. The Kier molecular flexibility index (Phi) is 4.74. The second-order valence-corrected chi connectivity index (χ2v) is 6.17. The molecule has 0 aliphatic heterocycles. The molecule has 1 aliphatic rings. The number of amides is 1. The van der Waals surface area contributed by atoms with E-state index in [1.807, 2.05) is 13.0 Å². The Hall–Kier alpha value is -2.17. The van der Waals surface area contributed by atoms with Crippen LogP contribution in [-0.4, -0.2) is 24.0 Å². The molecule has 1 saturated carbocycles. The highest BCUT2D eigenvalue weighted by Crippen LogP contribution is 2.26. The summed E-state index contributed by atoms with van der Waals surface area (Å²) < 4.78 is 13.5. The van der Waals surface area contributed by atoms with Crippen molar-refractivity contribution in [3.05, 3.63) is 35.8 Å². The molecule has 122 valence electrons. The van der Waals surface area contributed by atoms with Crippen LogP contribution in [-0.2, 0) is 4.79 Å². The Bertz CT molecular complexity index is 713. The molecule has 0 radical (unpaired) electrons. The smallest absolute Gasteiger partial charge is 0.223 e. The van der Waals surface area contributed by atoms with Crippen LogP contribution in [0.3, 0.4) is 0 Å². The SMILES string of the molecule is Cc1cc(NCCCNC(=O)C2CCC2)c2cc(F)ccc2n1. The van der Waals surface area contributed by atoms with Crippen molar-refractivity contribution in [2.45, 2.75) is 32.6 Å². The number of hydrogen-bond acceptors (Lipinski definition) is 3. The van der Waals surface area contributed by atoms with Crippen molar-refractivity contribution >= 4 is 22.5 Å². The summed E-state index contributed by atoms with van der Waals surface area (Å²) in [5, 5.41) is 7.09. The molecule has 1 amide bonds. The summed E-state index contributed by atoms with van der Waals surface area (Å²) in [5.41, 5.74) is 2.56. The van der Waals surface area contributed by atoms with Gasteiger partial charge in [0.1, 0.15) is 5.82 Å². The molecule has 1 heterocycles. The van der Waals surface area contributed by atoms with Gasteiger partial charge in [0.25, 0.3) is 0 Å². The molecule has 0 spiro atoms. The van der Waals surface area contributed by atoms with E-state index in [-0.39, 0.29) is 17.6 Å². The fourth-order valence-corrected chi connectivity index (χ4v) is 2.81. The van der Waals surface area contributed by atoms with Gasteiger partial charge in [0.15, 0.2) is 0 Å². The zero-order valence-electron chi connectivity index (χ0n) is 13.4. The molecular weight excluding hydrogens is 293 g/mol. The van der Waals surface area contributed by atoms with E-state index >= 15 is 0 Å². The second-order valence-electron chi connectivity index (χ2n) is 6.17. The van der Waals surface area contributed by atoms with Gasteiger partial charge < -0.3 is 10.6 Å². The van der Waals surface area contributed by atoms with Crippen LogP contribution in [0.25, 0.3) is 10.9 Å². The Morgan fingerprint density at radius 1 is 1.30 bits per heavy atom. The molecule has 0 bridgehead atoms. The number of aryl methyl sites for hydroxylation is 1. The van der Waals surface area contributed by atoms with Gasteiger partial charge in [-0.25, -0.2) is 4.39 Å². The third kappa shape index (κ3) is 3.78. The van der Waals surface area contributed by atoms with Gasteiger partial charge in [-0.2, -0.15) is 0 Å². The lowest BCUT2D eigenvalue weighted by atomic mass is 9.85. The third-order valence-corrected chi connectivity index (χ3v) is 4.34. The zero-order chi connectivity index (χ0) is 16.2. The molecule has 2 N–H and O–H groups in total. The van der Waals surface area contributed by atoms with Gasteiger partial charge >= 0.3 is 0 Å². The van der Waals surface area contributed by atoms with Crippen LogP contribution in [0, 0.1) is 18.7 Å². The minimum Gasteiger partial charge on any atom is -0.384 e. The van der Waals surface area contributed by atoms with Gasteiger partial charge in [-0.1, -0.05) is 6.42 Å². The van der Waals surface area contributed by atoms with Gasteiger partial charge in [-0.3, -0.25) is 9.78 Å². The number of rotatable bonds is 6. The van der Waals surface area contributed by atoms with Crippen LogP contribution in [0.2, 0.25) is 0 Å². The molecule has 3 rings (SSSR count). The van der Waals surface area contributed by atoms with Crippen LogP contribution in [0.1, 0.15) is 31.4 Å². The molecule has 4 nitrogen and oxygen atoms in total. The second kappa shape index (κ2) is 6.94. The number of fused-ring (bicyclic) bond motifs is 1. The van der Waals surface area contributed by atoms with Gasteiger partial charge in [-0.15, -0.1) is 0 Å². The van der Waals surface area contributed by atoms with E-state index in [4.69, 9.17) is 0 Å². The first kappa shape index (κ1) is 15.7. The molecule has 1 aliphatic carbocycles. The van der Waals surface area contributed by atoms with Gasteiger partial charge in [-0.05, 0) is 50.5 Å². The maximum Gasteiger partial charge on any atom is 0.223 e. The quantitative estimate of drug-likeness (QED) is 0.803. The summed E-state index contributed by atoms with van der Waals surface area (Å²) in [6.07, 6.45) is 4.05. The van der Waals surface area contributed by atoms with Crippen molar-refractivity contribution in [3.8, 4) is 0 Å². The number of carbonyl (C=O) groups excluding carboxylic acids is 1. The molecule has 2 aromatic rings. The van der Waals surface area contributed by atoms with E-state index in [9.17, 15) is 9.18 Å². The van der Waals surface area contributed by atoms with E-state index in [1.54, 1.807) is 6.07 Å². The molecule has 1 fully saturated rings. The Morgan fingerprint density at radius 3 is 2.87 bits per heavy atom. The fraction of sp³-hybridized carbons (Fsp3) is 0.444. The summed E-state index contributed by atoms with van der Waals surface area (Å²) in [5.74, 6) is 0.153. The van der Waals surface area contributed by atoms with Gasteiger partial charge in [0, 0.05) is 35.8 Å². The topological polar surface area (TPSA) is 54.0 Å². The van der Waals surface area contributed by atoms with Crippen molar-refractivity contribution in [1.82, 2.24) is 10.3 Å². The standard InChI is InChI=1S/C18H22FN3O/c1-12-10-17(15-11-14(19)6-7-16(15)22-12)20-8-3-9-21-18(23)13-4-2-5-13/h6-7,10-11,13H,2-5,8-9H2,1H3,(H,20,22)(H,21,23). The largest absolute Gasteiger partial charge is 0.384 e. The average molecular weight is 315 g/mol. The molecule has 23 heavy (non-hydrogen) atoms. The minimum atomic E-state index is -0.265.